The summed E-state index contributed by atoms with van der Waals surface area (Å²) in [5.41, 5.74) is 11.7. The van der Waals surface area contributed by atoms with Crippen LogP contribution in [-0.4, -0.2) is 16.8 Å². The van der Waals surface area contributed by atoms with Gasteiger partial charge in [0.05, 0.1) is 17.0 Å². The number of hydrazone groups is 1. The van der Waals surface area contributed by atoms with Crippen LogP contribution in [0, 0.1) is 0 Å². The van der Waals surface area contributed by atoms with Gasteiger partial charge in [0.15, 0.2) is 0 Å². The van der Waals surface area contributed by atoms with Crippen molar-refractivity contribution in [3.63, 3.8) is 0 Å². The Morgan fingerprint density at radius 3 is 2.55 bits per heavy atom. The van der Waals surface area contributed by atoms with Crippen molar-refractivity contribution >= 4 is 23.1 Å². The minimum absolute atomic E-state index is 0.215. The quantitative estimate of drug-likeness (QED) is 0.452. The Labute approximate surface area is 116 Å². The first kappa shape index (κ1) is 13.6. The van der Waals surface area contributed by atoms with Crippen molar-refractivity contribution < 1.29 is 9.90 Å². The van der Waals surface area contributed by atoms with Gasteiger partial charge in [0.25, 0.3) is 0 Å². The van der Waals surface area contributed by atoms with Gasteiger partial charge in [-0.2, -0.15) is 5.10 Å². The monoisotopic (exact) mass is 269 g/mol. The molecule has 0 radical (unpaired) electrons. The van der Waals surface area contributed by atoms with Crippen LogP contribution in [0.4, 0.5) is 11.4 Å². The number of aromatic carboxylic acids is 1. The molecule has 0 aliphatic rings. The summed E-state index contributed by atoms with van der Waals surface area (Å²) in [5, 5.41) is 13.1. The minimum atomic E-state index is -0.967. The minimum Gasteiger partial charge on any atom is -0.478 e. The van der Waals surface area contributed by atoms with Gasteiger partial charge in [-0.15, -0.1) is 0 Å². The lowest BCUT2D eigenvalue weighted by atomic mass is 10.1. The molecule has 0 saturated carbocycles. The second-order valence-corrected chi connectivity index (χ2v) is 4.32. The standard InChI is InChI=1S/C15H15N3O2/c1-10(11-4-2-6-13(16)8-11)17-18-14-7-3-5-12(9-14)15(19)20/h2-9,18H,16H2,1H3,(H,19,20)/b17-10+. The Hall–Kier alpha value is -2.82. The number of carboxylic acid groups (broad SMARTS) is 1. The molecule has 0 aromatic heterocycles. The summed E-state index contributed by atoms with van der Waals surface area (Å²) >= 11 is 0. The van der Waals surface area contributed by atoms with Crippen molar-refractivity contribution in [2.45, 2.75) is 6.92 Å². The van der Waals surface area contributed by atoms with Gasteiger partial charge in [-0.05, 0) is 42.8 Å². The molecule has 0 aliphatic carbocycles. The SMILES string of the molecule is C/C(=N\Nc1cccc(C(=O)O)c1)c1cccc(N)c1. The highest BCUT2D eigenvalue weighted by Crippen LogP contribution is 2.12. The number of hydrogen-bond donors (Lipinski definition) is 3. The number of hydrogen-bond acceptors (Lipinski definition) is 4. The predicted molar refractivity (Wildman–Crippen MR) is 80.1 cm³/mol. The van der Waals surface area contributed by atoms with E-state index in [9.17, 15) is 4.79 Å². The molecular formula is C15H15N3O2. The normalized spacial score (nSPS) is 11.2. The van der Waals surface area contributed by atoms with Gasteiger partial charge >= 0.3 is 5.97 Å². The highest BCUT2D eigenvalue weighted by molar-refractivity contribution is 5.99. The van der Waals surface area contributed by atoms with E-state index in [1.54, 1.807) is 18.2 Å². The maximum atomic E-state index is 10.9. The summed E-state index contributed by atoms with van der Waals surface area (Å²) in [5.74, 6) is -0.967. The number of nitrogens with zero attached hydrogens (tertiary/aromatic N) is 1. The van der Waals surface area contributed by atoms with E-state index >= 15 is 0 Å². The Morgan fingerprint density at radius 2 is 1.85 bits per heavy atom. The molecule has 4 N–H and O–H groups in total. The number of benzene rings is 2. The van der Waals surface area contributed by atoms with Crippen molar-refractivity contribution in [3.05, 3.63) is 59.7 Å². The Kier molecular flexibility index (Phi) is 4.00. The van der Waals surface area contributed by atoms with Crippen LogP contribution < -0.4 is 11.2 Å². The number of nitrogens with two attached hydrogens (primary N) is 1. The molecule has 20 heavy (non-hydrogen) atoms. The van der Waals surface area contributed by atoms with Crippen molar-refractivity contribution in [3.8, 4) is 0 Å². The first-order chi connectivity index (χ1) is 9.56. The van der Waals surface area contributed by atoms with E-state index in [0.29, 0.717) is 11.4 Å². The van der Waals surface area contributed by atoms with Crippen molar-refractivity contribution in [2.75, 3.05) is 11.2 Å². The molecule has 2 rings (SSSR count). The fourth-order valence-electron chi connectivity index (χ4n) is 1.70. The lowest BCUT2D eigenvalue weighted by Gasteiger charge is -2.05. The molecule has 2 aromatic rings. The zero-order valence-corrected chi connectivity index (χ0v) is 11.0. The van der Waals surface area contributed by atoms with Crippen molar-refractivity contribution in [1.29, 1.82) is 0 Å². The third kappa shape index (κ3) is 3.35. The topological polar surface area (TPSA) is 87.7 Å². The second-order valence-electron chi connectivity index (χ2n) is 4.32. The van der Waals surface area contributed by atoms with Crippen LogP contribution in [0.15, 0.2) is 53.6 Å². The largest absolute Gasteiger partial charge is 0.478 e. The molecule has 0 aliphatic heterocycles. The third-order valence-corrected chi connectivity index (χ3v) is 2.77. The van der Waals surface area contributed by atoms with E-state index in [0.717, 1.165) is 11.3 Å². The van der Waals surface area contributed by atoms with Crippen LogP contribution in [0.3, 0.4) is 0 Å². The van der Waals surface area contributed by atoms with Crippen LogP contribution in [0.5, 0.6) is 0 Å². The summed E-state index contributed by atoms with van der Waals surface area (Å²) in [4.78, 5) is 10.9. The molecule has 2 aromatic carbocycles. The first-order valence-electron chi connectivity index (χ1n) is 6.06. The third-order valence-electron chi connectivity index (χ3n) is 2.77. The molecule has 5 heteroatoms. The van der Waals surface area contributed by atoms with Crippen LogP contribution in [-0.2, 0) is 0 Å². The molecule has 0 fully saturated rings. The van der Waals surface area contributed by atoms with Crippen LogP contribution in [0.1, 0.15) is 22.8 Å². The van der Waals surface area contributed by atoms with Gasteiger partial charge in [0, 0.05) is 5.69 Å². The van der Waals surface area contributed by atoms with Gasteiger partial charge in [-0.3, -0.25) is 5.43 Å². The zero-order valence-electron chi connectivity index (χ0n) is 11.0. The van der Waals surface area contributed by atoms with Crippen LogP contribution in [0.2, 0.25) is 0 Å². The highest BCUT2D eigenvalue weighted by atomic mass is 16.4. The van der Waals surface area contributed by atoms with Crippen molar-refractivity contribution in [2.24, 2.45) is 5.10 Å². The van der Waals surface area contributed by atoms with Crippen molar-refractivity contribution in [1.82, 2.24) is 0 Å². The van der Waals surface area contributed by atoms with Crippen LogP contribution >= 0.6 is 0 Å². The second kappa shape index (κ2) is 5.88. The molecule has 0 amide bonds. The molecule has 0 saturated heterocycles. The maximum absolute atomic E-state index is 10.9. The summed E-state index contributed by atoms with van der Waals surface area (Å²) in [6, 6.07) is 13.9. The fourth-order valence-corrected chi connectivity index (χ4v) is 1.70. The number of carboxylic acids is 1. The zero-order chi connectivity index (χ0) is 14.5. The average Bonchev–Trinajstić information content (AvgIpc) is 2.45. The molecule has 0 atom stereocenters. The fraction of sp³-hybridized carbons (Fsp3) is 0.0667. The molecular weight excluding hydrogens is 254 g/mol. The Balaban J connectivity index is 2.16. The first-order valence-corrected chi connectivity index (χ1v) is 6.06. The summed E-state index contributed by atoms with van der Waals surface area (Å²) in [6.45, 7) is 1.85. The predicted octanol–water partition coefficient (Wildman–Crippen LogP) is 2.80. The Morgan fingerprint density at radius 1 is 1.15 bits per heavy atom. The maximum Gasteiger partial charge on any atom is 0.335 e. The van der Waals surface area contributed by atoms with Gasteiger partial charge in [-0.1, -0.05) is 18.2 Å². The lowest BCUT2D eigenvalue weighted by molar-refractivity contribution is 0.0697. The van der Waals surface area contributed by atoms with Gasteiger partial charge in [-0.25, -0.2) is 4.79 Å². The van der Waals surface area contributed by atoms with Gasteiger partial charge < -0.3 is 10.8 Å². The van der Waals surface area contributed by atoms with Gasteiger partial charge in [0.2, 0.25) is 0 Å². The lowest BCUT2D eigenvalue weighted by Crippen LogP contribution is -2.02. The molecule has 0 unspecified atom stereocenters. The average molecular weight is 269 g/mol. The molecule has 102 valence electrons. The van der Waals surface area contributed by atoms with E-state index in [-0.39, 0.29) is 5.56 Å². The number of anilines is 2. The molecule has 0 spiro atoms. The van der Waals surface area contributed by atoms with E-state index in [1.807, 2.05) is 25.1 Å². The van der Waals surface area contributed by atoms with E-state index in [4.69, 9.17) is 10.8 Å². The van der Waals surface area contributed by atoms with E-state index < -0.39 is 5.97 Å². The molecule has 5 nitrogen and oxygen atoms in total. The summed E-state index contributed by atoms with van der Waals surface area (Å²) in [6.07, 6.45) is 0. The van der Waals surface area contributed by atoms with Crippen LogP contribution in [0.25, 0.3) is 0 Å². The van der Waals surface area contributed by atoms with Gasteiger partial charge in [0.1, 0.15) is 0 Å². The Bertz CT molecular complexity index is 666. The molecule has 0 bridgehead atoms. The smallest absolute Gasteiger partial charge is 0.335 e. The number of nitrogens with one attached hydrogen (secondary N) is 1. The number of nitrogen functional groups attached to an aromatic ring is 1. The van der Waals surface area contributed by atoms with E-state index in [1.165, 1.54) is 12.1 Å². The number of rotatable bonds is 4. The number of carbonyl (C=O) groups is 1. The highest BCUT2D eigenvalue weighted by Gasteiger charge is 2.03. The van der Waals surface area contributed by atoms with E-state index in [2.05, 4.69) is 10.5 Å². The summed E-state index contributed by atoms with van der Waals surface area (Å²) in [7, 11) is 0. The summed E-state index contributed by atoms with van der Waals surface area (Å²) < 4.78 is 0. The molecule has 0 heterocycles.